The van der Waals surface area contributed by atoms with Crippen LogP contribution in [0.25, 0.3) is 0 Å². The van der Waals surface area contributed by atoms with E-state index in [-0.39, 0.29) is 17.9 Å². The maximum Gasteiger partial charge on any atom is 0.308 e. The Bertz CT molecular complexity index is 1440. The van der Waals surface area contributed by atoms with Gasteiger partial charge in [-0.2, -0.15) is 4.31 Å². The Morgan fingerprint density at radius 3 is 2.38 bits per heavy atom. The number of esters is 1. The molecule has 0 bridgehead atoms. The minimum Gasteiger partial charge on any atom is -0.456 e. The molecule has 8 nitrogen and oxygen atoms in total. The van der Waals surface area contributed by atoms with Crippen LogP contribution in [0.1, 0.15) is 44.4 Å². The van der Waals surface area contributed by atoms with E-state index in [0.717, 1.165) is 29.9 Å². The zero-order valence-electron chi connectivity index (χ0n) is 22.8. The number of carbonyl (C=O) groups excluding carboxylic acids is 2. The Labute approximate surface area is 234 Å². The molecule has 1 aliphatic heterocycles. The third-order valence-corrected chi connectivity index (χ3v) is 8.88. The van der Waals surface area contributed by atoms with Gasteiger partial charge in [0, 0.05) is 30.5 Å². The fraction of sp³-hybridized carbons (Fsp3) is 0.333. The fourth-order valence-electron chi connectivity index (χ4n) is 5.01. The van der Waals surface area contributed by atoms with Crippen molar-refractivity contribution in [2.45, 2.75) is 50.6 Å². The highest BCUT2D eigenvalue weighted by Gasteiger charge is 2.38. The summed E-state index contributed by atoms with van der Waals surface area (Å²) < 4.78 is 46.9. The van der Waals surface area contributed by atoms with E-state index in [2.05, 4.69) is 31.0 Å². The van der Waals surface area contributed by atoms with E-state index in [1.165, 1.54) is 16.4 Å². The van der Waals surface area contributed by atoms with E-state index < -0.39 is 40.4 Å². The molecule has 1 unspecified atom stereocenters. The number of ether oxygens (including phenoxy) is 1. The highest BCUT2D eigenvalue weighted by molar-refractivity contribution is 7.89. The summed E-state index contributed by atoms with van der Waals surface area (Å²) in [7, 11) is -4.03. The first-order chi connectivity index (χ1) is 19.1. The zero-order valence-corrected chi connectivity index (χ0v) is 23.7. The van der Waals surface area contributed by atoms with E-state index in [1.54, 1.807) is 24.3 Å². The van der Waals surface area contributed by atoms with Crippen molar-refractivity contribution >= 4 is 33.3 Å². The Kier molecular flexibility index (Phi) is 9.21. The summed E-state index contributed by atoms with van der Waals surface area (Å²) in [5.74, 6) is -1.75. The smallest absolute Gasteiger partial charge is 0.308 e. The van der Waals surface area contributed by atoms with Crippen molar-refractivity contribution in [2.24, 2.45) is 0 Å². The predicted molar refractivity (Wildman–Crippen MR) is 152 cm³/mol. The van der Waals surface area contributed by atoms with Gasteiger partial charge in [-0.3, -0.25) is 9.59 Å². The van der Waals surface area contributed by atoms with Gasteiger partial charge in [0.1, 0.15) is 5.82 Å². The minimum absolute atomic E-state index is 0.0625. The van der Waals surface area contributed by atoms with Gasteiger partial charge in [-0.15, -0.1) is 0 Å². The number of amides is 1. The molecule has 1 amide bonds. The Hall–Kier alpha value is -3.76. The van der Waals surface area contributed by atoms with Crippen LogP contribution >= 0.6 is 0 Å². The molecule has 10 heteroatoms. The van der Waals surface area contributed by atoms with Crippen LogP contribution in [0.15, 0.2) is 77.7 Å². The lowest BCUT2D eigenvalue weighted by Crippen LogP contribution is -2.41. The number of benzene rings is 3. The van der Waals surface area contributed by atoms with Gasteiger partial charge in [0.05, 0.1) is 17.4 Å². The molecule has 4 rings (SSSR count). The lowest BCUT2D eigenvalue weighted by molar-refractivity contribution is -0.148. The molecule has 40 heavy (non-hydrogen) atoms. The summed E-state index contributed by atoms with van der Waals surface area (Å²) in [5.41, 5.74) is 3.24. The topological polar surface area (TPSA) is 96.0 Å². The number of hydrogen-bond acceptors (Lipinski definition) is 6. The molecule has 3 aromatic rings. The summed E-state index contributed by atoms with van der Waals surface area (Å²) in [5, 5.41) is 2.72. The van der Waals surface area contributed by atoms with Crippen LogP contribution in [0, 0.1) is 5.82 Å². The maximum atomic E-state index is 13.5. The molecule has 0 aromatic heterocycles. The number of fused-ring (bicyclic) bond motifs is 1. The van der Waals surface area contributed by atoms with Crippen LogP contribution in [0.4, 0.5) is 15.8 Å². The van der Waals surface area contributed by atoms with Crippen molar-refractivity contribution in [1.82, 2.24) is 4.31 Å². The van der Waals surface area contributed by atoms with E-state index in [9.17, 15) is 22.4 Å². The largest absolute Gasteiger partial charge is 0.456 e. The van der Waals surface area contributed by atoms with E-state index in [1.807, 2.05) is 24.3 Å². The van der Waals surface area contributed by atoms with Gasteiger partial charge in [0.15, 0.2) is 6.61 Å². The second kappa shape index (κ2) is 12.6. The van der Waals surface area contributed by atoms with Crippen molar-refractivity contribution in [3.8, 4) is 0 Å². The van der Waals surface area contributed by atoms with Gasteiger partial charge in [0.2, 0.25) is 10.0 Å². The third-order valence-electron chi connectivity index (χ3n) is 6.95. The first-order valence-corrected chi connectivity index (χ1v) is 14.7. The second-order valence-electron chi connectivity index (χ2n) is 9.87. The number of sulfonamides is 1. The van der Waals surface area contributed by atoms with Crippen molar-refractivity contribution in [3.05, 3.63) is 89.7 Å². The average molecular weight is 568 g/mol. The molecule has 1 atom stereocenters. The molecular weight excluding hydrogens is 533 g/mol. The molecule has 1 N–H and O–H groups in total. The molecule has 0 spiro atoms. The van der Waals surface area contributed by atoms with E-state index in [4.69, 9.17) is 4.74 Å². The van der Waals surface area contributed by atoms with Crippen molar-refractivity contribution < 1.29 is 27.1 Å². The molecule has 0 aliphatic carbocycles. The number of nitrogens with one attached hydrogen (secondary N) is 1. The van der Waals surface area contributed by atoms with Crippen LogP contribution in [-0.4, -0.2) is 50.3 Å². The zero-order chi connectivity index (χ0) is 28.9. The number of anilines is 2. The predicted octanol–water partition coefficient (Wildman–Crippen LogP) is 4.92. The SMILES string of the molecule is CCN(c1ccc(NC(=O)COC(=O)CC2c3ccccc3CCN2S(=O)(=O)c2ccc(F)cc2)cc1)C(C)C. The number of carbonyl (C=O) groups is 2. The number of halogens is 1. The summed E-state index contributed by atoms with van der Waals surface area (Å²) in [6.07, 6.45) is 0.192. The van der Waals surface area contributed by atoms with Crippen LogP contribution in [0.5, 0.6) is 0 Å². The molecule has 1 aliphatic rings. The van der Waals surface area contributed by atoms with Gasteiger partial charge >= 0.3 is 5.97 Å². The monoisotopic (exact) mass is 567 g/mol. The van der Waals surface area contributed by atoms with Crippen molar-refractivity contribution in [2.75, 3.05) is 29.9 Å². The normalized spacial score (nSPS) is 15.4. The molecule has 0 fully saturated rings. The van der Waals surface area contributed by atoms with Gasteiger partial charge < -0.3 is 15.0 Å². The van der Waals surface area contributed by atoms with Gasteiger partial charge in [0.25, 0.3) is 5.91 Å². The van der Waals surface area contributed by atoms with Crippen LogP contribution in [-0.2, 0) is 30.8 Å². The first-order valence-electron chi connectivity index (χ1n) is 13.3. The third kappa shape index (κ3) is 6.68. The molecule has 212 valence electrons. The number of hydrogen-bond donors (Lipinski definition) is 1. The van der Waals surface area contributed by atoms with Crippen molar-refractivity contribution in [1.29, 1.82) is 0 Å². The molecule has 1 heterocycles. The molecular formula is C30H34FN3O5S. The summed E-state index contributed by atoms with van der Waals surface area (Å²) >= 11 is 0. The van der Waals surface area contributed by atoms with Crippen LogP contribution < -0.4 is 10.2 Å². The molecule has 0 saturated carbocycles. The summed E-state index contributed by atoms with van der Waals surface area (Å²) in [6.45, 7) is 6.79. The number of nitrogens with zero attached hydrogens (tertiary/aromatic N) is 2. The number of rotatable bonds is 10. The van der Waals surface area contributed by atoms with Gasteiger partial charge in [-0.05, 0) is 86.8 Å². The first kappa shape index (κ1) is 29.2. The van der Waals surface area contributed by atoms with Crippen molar-refractivity contribution in [3.63, 3.8) is 0 Å². The lowest BCUT2D eigenvalue weighted by Gasteiger charge is -2.36. The Morgan fingerprint density at radius 2 is 1.73 bits per heavy atom. The molecule has 0 radical (unpaired) electrons. The fourth-order valence-corrected chi connectivity index (χ4v) is 6.62. The van der Waals surface area contributed by atoms with E-state index >= 15 is 0 Å². The minimum atomic E-state index is -4.03. The van der Waals surface area contributed by atoms with Gasteiger partial charge in [-0.25, -0.2) is 12.8 Å². The highest BCUT2D eigenvalue weighted by Crippen LogP contribution is 2.36. The average Bonchev–Trinajstić information content (AvgIpc) is 2.93. The van der Waals surface area contributed by atoms with E-state index in [0.29, 0.717) is 23.7 Å². The lowest BCUT2D eigenvalue weighted by atomic mass is 9.92. The second-order valence-corrected chi connectivity index (χ2v) is 11.8. The quantitative estimate of drug-likeness (QED) is 0.350. The Morgan fingerprint density at radius 1 is 1.05 bits per heavy atom. The maximum absolute atomic E-state index is 13.5. The molecule has 0 saturated heterocycles. The van der Waals surface area contributed by atoms with Crippen LogP contribution in [0.3, 0.4) is 0 Å². The standard InChI is InChI=1S/C30H34FN3O5S/c1-4-33(21(2)3)25-13-11-24(12-14-25)32-29(35)20-39-30(36)19-28-27-8-6-5-7-22(27)17-18-34(28)40(37,38)26-15-9-23(31)10-16-26/h5-16,21,28H,4,17-20H2,1-3H3,(H,32,35). The Balaban J connectivity index is 1.42. The van der Waals surface area contributed by atoms with Crippen LogP contribution in [0.2, 0.25) is 0 Å². The molecule has 3 aromatic carbocycles. The summed E-state index contributed by atoms with van der Waals surface area (Å²) in [4.78, 5) is 27.5. The highest BCUT2D eigenvalue weighted by atomic mass is 32.2. The summed E-state index contributed by atoms with van der Waals surface area (Å²) in [6, 6.07) is 18.8. The van der Waals surface area contributed by atoms with Gasteiger partial charge in [-0.1, -0.05) is 24.3 Å².